The summed E-state index contributed by atoms with van der Waals surface area (Å²) in [6.45, 7) is 1.79. The molecule has 1 atom stereocenters. The van der Waals surface area contributed by atoms with Crippen LogP contribution in [0.3, 0.4) is 0 Å². The third-order valence-electron chi connectivity index (χ3n) is 3.80. The second-order valence-electron chi connectivity index (χ2n) is 5.27. The van der Waals surface area contributed by atoms with Crippen LogP contribution in [-0.2, 0) is 14.8 Å². The normalized spacial score (nSPS) is 23.2. The Hall–Kier alpha value is -1.60. The van der Waals surface area contributed by atoms with Crippen molar-refractivity contribution in [3.8, 4) is 5.75 Å². The topological polar surface area (TPSA) is 75.7 Å². The summed E-state index contributed by atoms with van der Waals surface area (Å²) < 4.78 is 31.8. The molecule has 1 N–H and O–H groups in total. The minimum atomic E-state index is -3.39. The Morgan fingerprint density at radius 2 is 1.81 bits per heavy atom. The van der Waals surface area contributed by atoms with Crippen LogP contribution in [0.15, 0.2) is 29.2 Å². The maximum absolute atomic E-state index is 12.4. The fourth-order valence-corrected chi connectivity index (χ4v) is 4.13. The van der Waals surface area contributed by atoms with Gasteiger partial charge in [-0.05, 0) is 37.1 Å². The van der Waals surface area contributed by atoms with E-state index in [4.69, 9.17) is 4.74 Å². The predicted molar refractivity (Wildman–Crippen MR) is 76.5 cm³/mol. The number of amides is 1. The van der Waals surface area contributed by atoms with Gasteiger partial charge in [-0.1, -0.05) is 0 Å². The summed E-state index contributed by atoms with van der Waals surface area (Å²) in [7, 11) is -3.39. The van der Waals surface area contributed by atoms with Crippen LogP contribution in [0.25, 0.3) is 0 Å². The van der Waals surface area contributed by atoms with Gasteiger partial charge >= 0.3 is 0 Å². The molecule has 6 nitrogen and oxygen atoms in total. The van der Waals surface area contributed by atoms with Crippen molar-refractivity contribution < 1.29 is 17.9 Å². The molecule has 0 radical (unpaired) electrons. The van der Waals surface area contributed by atoms with Crippen molar-refractivity contribution in [1.29, 1.82) is 0 Å². The van der Waals surface area contributed by atoms with Crippen LogP contribution in [-0.4, -0.2) is 44.4 Å². The highest BCUT2D eigenvalue weighted by atomic mass is 32.2. The standard InChI is InChI=1S/C14H18N2O4S/c17-14-13(7-8-15-14)20-11-3-5-12(6-4-11)21(18,19)16-9-1-2-10-16/h3-6,13H,1-2,7-10H2,(H,15,17). The van der Waals surface area contributed by atoms with Crippen molar-refractivity contribution in [2.24, 2.45) is 0 Å². The van der Waals surface area contributed by atoms with Crippen LogP contribution < -0.4 is 10.1 Å². The molecule has 2 fully saturated rings. The number of sulfonamides is 1. The van der Waals surface area contributed by atoms with E-state index < -0.39 is 16.1 Å². The van der Waals surface area contributed by atoms with Crippen molar-refractivity contribution in [1.82, 2.24) is 9.62 Å². The third kappa shape index (κ3) is 2.89. The number of hydrogen-bond acceptors (Lipinski definition) is 4. The van der Waals surface area contributed by atoms with E-state index in [-0.39, 0.29) is 10.8 Å². The van der Waals surface area contributed by atoms with E-state index >= 15 is 0 Å². The molecule has 2 heterocycles. The van der Waals surface area contributed by atoms with Gasteiger partial charge in [0.25, 0.3) is 5.91 Å². The van der Waals surface area contributed by atoms with Gasteiger partial charge in [-0.25, -0.2) is 8.42 Å². The number of ether oxygens (including phenoxy) is 1. The minimum Gasteiger partial charge on any atom is -0.481 e. The number of nitrogens with zero attached hydrogens (tertiary/aromatic N) is 1. The van der Waals surface area contributed by atoms with Crippen LogP contribution in [0.2, 0.25) is 0 Å². The molecule has 1 amide bonds. The molecule has 0 aliphatic carbocycles. The molecule has 3 rings (SSSR count). The zero-order valence-corrected chi connectivity index (χ0v) is 12.4. The fraction of sp³-hybridized carbons (Fsp3) is 0.500. The fourth-order valence-electron chi connectivity index (χ4n) is 2.62. The minimum absolute atomic E-state index is 0.122. The average Bonchev–Trinajstić information content (AvgIpc) is 3.12. The van der Waals surface area contributed by atoms with Crippen molar-refractivity contribution in [2.75, 3.05) is 19.6 Å². The average molecular weight is 310 g/mol. The molecule has 2 saturated heterocycles. The van der Waals surface area contributed by atoms with E-state index in [1.54, 1.807) is 12.1 Å². The summed E-state index contributed by atoms with van der Waals surface area (Å²) in [6, 6.07) is 6.29. The molecule has 2 aliphatic heterocycles. The number of hydrogen-bond donors (Lipinski definition) is 1. The summed E-state index contributed by atoms with van der Waals surface area (Å²) in [4.78, 5) is 11.7. The first kappa shape index (κ1) is 14.3. The zero-order valence-electron chi connectivity index (χ0n) is 11.6. The number of nitrogens with one attached hydrogen (secondary N) is 1. The van der Waals surface area contributed by atoms with Crippen LogP contribution in [0, 0.1) is 0 Å². The molecule has 7 heteroatoms. The largest absolute Gasteiger partial charge is 0.481 e. The van der Waals surface area contributed by atoms with Gasteiger partial charge in [0, 0.05) is 26.1 Å². The van der Waals surface area contributed by atoms with Crippen LogP contribution in [0.5, 0.6) is 5.75 Å². The Labute approximate surface area is 124 Å². The van der Waals surface area contributed by atoms with Gasteiger partial charge in [0.2, 0.25) is 10.0 Å². The van der Waals surface area contributed by atoms with E-state index in [1.165, 1.54) is 16.4 Å². The van der Waals surface area contributed by atoms with E-state index in [2.05, 4.69) is 5.32 Å². The Balaban J connectivity index is 1.73. The summed E-state index contributed by atoms with van der Waals surface area (Å²) >= 11 is 0. The highest BCUT2D eigenvalue weighted by molar-refractivity contribution is 7.89. The first-order valence-electron chi connectivity index (χ1n) is 7.12. The van der Waals surface area contributed by atoms with Crippen molar-refractivity contribution in [3.05, 3.63) is 24.3 Å². The molecule has 1 aromatic rings. The second-order valence-corrected chi connectivity index (χ2v) is 7.21. The highest BCUT2D eigenvalue weighted by Gasteiger charge is 2.28. The van der Waals surface area contributed by atoms with E-state index in [0.717, 1.165) is 12.8 Å². The lowest BCUT2D eigenvalue weighted by molar-refractivity contribution is -0.124. The summed E-state index contributed by atoms with van der Waals surface area (Å²) in [5.74, 6) is 0.390. The maximum Gasteiger partial charge on any atom is 0.261 e. The molecule has 0 bridgehead atoms. The molecular weight excluding hydrogens is 292 g/mol. The first-order valence-corrected chi connectivity index (χ1v) is 8.56. The van der Waals surface area contributed by atoms with Crippen LogP contribution >= 0.6 is 0 Å². The number of carbonyl (C=O) groups is 1. The highest BCUT2D eigenvalue weighted by Crippen LogP contribution is 2.23. The molecule has 2 aliphatic rings. The van der Waals surface area contributed by atoms with E-state index in [9.17, 15) is 13.2 Å². The predicted octanol–water partition coefficient (Wildman–Crippen LogP) is 0.738. The van der Waals surface area contributed by atoms with Gasteiger partial charge in [-0.3, -0.25) is 4.79 Å². The third-order valence-corrected chi connectivity index (χ3v) is 5.72. The lowest BCUT2D eigenvalue weighted by atomic mass is 10.3. The van der Waals surface area contributed by atoms with E-state index in [1.807, 2.05) is 0 Å². The van der Waals surface area contributed by atoms with Gasteiger partial charge in [-0.15, -0.1) is 0 Å². The number of rotatable bonds is 4. The monoisotopic (exact) mass is 310 g/mol. The Bertz CT molecular complexity index is 621. The zero-order chi connectivity index (χ0) is 14.9. The molecule has 1 aromatic carbocycles. The second kappa shape index (κ2) is 5.65. The van der Waals surface area contributed by atoms with E-state index in [0.29, 0.717) is 31.8 Å². The van der Waals surface area contributed by atoms with Gasteiger partial charge in [0.1, 0.15) is 5.75 Å². The van der Waals surface area contributed by atoms with Crippen molar-refractivity contribution in [2.45, 2.75) is 30.3 Å². The SMILES string of the molecule is O=C1NCCC1Oc1ccc(S(=O)(=O)N2CCCC2)cc1. The number of carbonyl (C=O) groups excluding carboxylic acids is 1. The van der Waals surface area contributed by atoms with Crippen LogP contribution in [0.4, 0.5) is 0 Å². The Morgan fingerprint density at radius 3 is 2.38 bits per heavy atom. The molecular formula is C14H18N2O4S. The maximum atomic E-state index is 12.4. The van der Waals surface area contributed by atoms with Crippen LogP contribution in [0.1, 0.15) is 19.3 Å². The summed E-state index contributed by atoms with van der Waals surface area (Å²) in [6.07, 6.45) is 1.98. The lowest BCUT2D eigenvalue weighted by Crippen LogP contribution is -2.28. The molecule has 114 valence electrons. The Kier molecular flexibility index (Phi) is 3.86. The van der Waals surface area contributed by atoms with Gasteiger partial charge in [0.15, 0.2) is 6.10 Å². The summed E-state index contributed by atoms with van der Waals surface area (Å²) in [5, 5.41) is 2.70. The number of benzene rings is 1. The lowest BCUT2D eigenvalue weighted by Gasteiger charge is -2.16. The van der Waals surface area contributed by atoms with Crippen molar-refractivity contribution in [3.63, 3.8) is 0 Å². The quantitative estimate of drug-likeness (QED) is 0.890. The molecule has 0 aromatic heterocycles. The Morgan fingerprint density at radius 1 is 1.14 bits per heavy atom. The molecule has 0 saturated carbocycles. The molecule has 21 heavy (non-hydrogen) atoms. The van der Waals surface area contributed by atoms with Crippen molar-refractivity contribution >= 4 is 15.9 Å². The van der Waals surface area contributed by atoms with Gasteiger partial charge in [-0.2, -0.15) is 4.31 Å². The molecule has 1 unspecified atom stereocenters. The first-order chi connectivity index (χ1) is 10.1. The summed E-state index contributed by atoms with van der Waals surface area (Å²) in [5.41, 5.74) is 0. The van der Waals surface area contributed by atoms with Gasteiger partial charge < -0.3 is 10.1 Å². The van der Waals surface area contributed by atoms with Gasteiger partial charge in [0.05, 0.1) is 4.90 Å². The molecule has 0 spiro atoms. The smallest absolute Gasteiger partial charge is 0.261 e.